The molecule has 0 radical (unpaired) electrons. The van der Waals surface area contributed by atoms with E-state index >= 15 is 4.39 Å². The Morgan fingerprint density at radius 3 is 2.55 bits per heavy atom. The van der Waals surface area contributed by atoms with Crippen LogP contribution in [0.4, 0.5) is 30.7 Å². The topological polar surface area (TPSA) is 90.0 Å². The lowest BCUT2D eigenvalue weighted by atomic mass is 9.85. The fourth-order valence-electron chi connectivity index (χ4n) is 4.85. The maximum Gasteiger partial charge on any atom is 0.416 e. The van der Waals surface area contributed by atoms with Crippen LogP contribution < -0.4 is 11.1 Å². The molecule has 1 unspecified atom stereocenters. The van der Waals surface area contributed by atoms with E-state index in [1.807, 2.05) is 0 Å². The number of amides is 2. The Hall–Kier alpha value is -4.13. The number of carbonyl (C=O) groups is 2. The predicted octanol–water partition coefficient (Wildman–Crippen LogP) is 6.16. The van der Waals surface area contributed by atoms with Crippen LogP contribution in [-0.2, 0) is 12.7 Å². The van der Waals surface area contributed by atoms with Crippen molar-refractivity contribution in [3.63, 3.8) is 0 Å². The lowest BCUT2D eigenvalue weighted by Crippen LogP contribution is -2.21. The van der Waals surface area contributed by atoms with Gasteiger partial charge in [0.2, 0.25) is 5.91 Å². The van der Waals surface area contributed by atoms with Crippen LogP contribution in [0.25, 0.3) is 22.0 Å². The highest BCUT2D eigenvalue weighted by molar-refractivity contribution is 6.31. The molecule has 208 valence electrons. The van der Waals surface area contributed by atoms with E-state index in [-0.39, 0.29) is 28.3 Å². The zero-order valence-electron chi connectivity index (χ0n) is 22.6. The summed E-state index contributed by atoms with van der Waals surface area (Å²) >= 11 is 6.28. The molecule has 3 N–H and O–H groups in total. The van der Waals surface area contributed by atoms with Crippen LogP contribution in [0.15, 0.2) is 36.4 Å². The quantitative estimate of drug-likeness (QED) is 0.274. The van der Waals surface area contributed by atoms with Gasteiger partial charge in [-0.3, -0.25) is 14.3 Å². The number of nitrogens with zero attached hydrogens (tertiary/aromatic N) is 2. The Balaban J connectivity index is 2.00. The number of halogens is 8. The Labute approximate surface area is 229 Å². The second-order valence-electron chi connectivity index (χ2n) is 8.84. The summed E-state index contributed by atoms with van der Waals surface area (Å²) in [5.74, 6) is -5.03. The van der Waals surface area contributed by atoms with Crippen molar-refractivity contribution in [2.45, 2.75) is 32.0 Å². The molecule has 1 aliphatic heterocycles. The predicted molar refractivity (Wildman–Crippen MR) is 130 cm³/mol. The average Bonchev–Trinajstić information content (AvgIpc) is 3.41. The first kappa shape index (κ1) is 23.7. The van der Waals surface area contributed by atoms with Crippen LogP contribution in [0.5, 0.6) is 0 Å². The summed E-state index contributed by atoms with van der Waals surface area (Å²) in [4.78, 5) is 25.9. The number of nitrogens with two attached hydrogens (primary N) is 1. The molecule has 40 heavy (non-hydrogen) atoms. The van der Waals surface area contributed by atoms with Gasteiger partial charge < -0.3 is 11.1 Å². The fourth-order valence-corrected chi connectivity index (χ4v) is 5.07. The van der Waals surface area contributed by atoms with Crippen molar-refractivity contribution in [3.8, 4) is 11.1 Å². The first-order chi connectivity index (χ1) is 19.9. The van der Waals surface area contributed by atoms with E-state index in [1.165, 1.54) is 0 Å². The molecular weight excluding hydrogens is 569 g/mol. The minimum absolute atomic E-state index is 0.0665. The highest BCUT2D eigenvalue weighted by Gasteiger charge is 2.40. The van der Waals surface area contributed by atoms with Crippen LogP contribution in [0, 0.1) is 18.5 Å². The summed E-state index contributed by atoms with van der Waals surface area (Å²) in [6.07, 6.45) is -8.21. The minimum atomic E-state index is -5.12. The maximum atomic E-state index is 15.7. The largest absolute Gasteiger partial charge is 0.416 e. The van der Waals surface area contributed by atoms with Gasteiger partial charge in [0.15, 0.2) is 0 Å². The smallest absolute Gasteiger partial charge is 0.366 e. The fraction of sp³-hybridized carbons (Fsp3) is 0.192. The molecule has 5 rings (SSSR count). The third-order valence-electron chi connectivity index (χ3n) is 6.41. The lowest BCUT2D eigenvalue weighted by molar-refractivity contribution is -0.137. The standard InChI is InChI=1S/C26H16ClF7N4O2/c1-9-19-17(38(37-9)8-18(30)31)7-13(20-14(24(35)39)4-10(5-16(20)29)26(32,33)34)21-22(19)25(40)36-23(21)12-6-11(28)2-3-15(12)27/h2-7,18,23H,8H2,1H3,(H2,35,39)(H,36,40)/i1D3. The first-order valence-corrected chi connectivity index (χ1v) is 11.6. The Kier molecular flexibility index (Phi) is 5.64. The van der Waals surface area contributed by atoms with Crippen LogP contribution >= 0.6 is 11.6 Å². The molecular formula is C26H16ClF7N4O2. The molecule has 0 aliphatic carbocycles. The first-order valence-electron chi connectivity index (χ1n) is 12.7. The van der Waals surface area contributed by atoms with Gasteiger partial charge in [-0.25, -0.2) is 17.6 Å². The van der Waals surface area contributed by atoms with Gasteiger partial charge >= 0.3 is 6.18 Å². The Bertz CT molecular complexity index is 1840. The third kappa shape index (κ3) is 4.43. The number of benzene rings is 3. The molecule has 1 atom stereocenters. The second-order valence-corrected chi connectivity index (χ2v) is 9.25. The number of hydrogen-bond acceptors (Lipinski definition) is 3. The third-order valence-corrected chi connectivity index (χ3v) is 6.75. The van der Waals surface area contributed by atoms with Crippen molar-refractivity contribution in [2.24, 2.45) is 5.73 Å². The van der Waals surface area contributed by atoms with E-state index < -0.39 is 99.9 Å². The molecule has 0 saturated heterocycles. The van der Waals surface area contributed by atoms with E-state index in [4.69, 9.17) is 21.4 Å². The summed E-state index contributed by atoms with van der Waals surface area (Å²) in [6, 6.07) is 2.78. The van der Waals surface area contributed by atoms with Gasteiger partial charge in [-0.15, -0.1) is 0 Å². The van der Waals surface area contributed by atoms with Crippen LogP contribution in [0.1, 0.15) is 53.3 Å². The summed E-state index contributed by atoms with van der Waals surface area (Å²) < 4.78 is 122. The number of rotatable bonds is 5. The Morgan fingerprint density at radius 2 is 1.93 bits per heavy atom. The van der Waals surface area contributed by atoms with Gasteiger partial charge in [0.25, 0.3) is 12.3 Å². The summed E-state index contributed by atoms with van der Waals surface area (Å²) in [6.45, 7) is -4.27. The van der Waals surface area contributed by atoms with Crippen molar-refractivity contribution in [1.82, 2.24) is 15.1 Å². The molecule has 2 heterocycles. The van der Waals surface area contributed by atoms with Crippen molar-refractivity contribution in [3.05, 3.63) is 86.6 Å². The van der Waals surface area contributed by atoms with E-state index in [9.17, 15) is 35.9 Å². The van der Waals surface area contributed by atoms with Crippen molar-refractivity contribution >= 4 is 34.3 Å². The molecule has 3 aromatic carbocycles. The number of nitrogens with one attached hydrogen (secondary N) is 1. The molecule has 4 aromatic rings. The molecule has 6 nitrogen and oxygen atoms in total. The number of aryl methyl sites for hydroxylation is 1. The molecule has 0 fully saturated rings. The van der Waals surface area contributed by atoms with Gasteiger partial charge in [0.1, 0.15) is 18.2 Å². The molecule has 0 saturated carbocycles. The van der Waals surface area contributed by atoms with E-state index in [1.54, 1.807) is 0 Å². The van der Waals surface area contributed by atoms with Gasteiger partial charge in [-0.1, -0.05) is 11.6 Å². The number of primary amides is 1. The summed E-state index contributed by atoms with van der Waals surface area (Å²) in [5.41, 5.74) is -0.775. The molecule has 0 bridgehead atoms. The maximum absolute atomic E-state index is 15.7. The van der Waals surface area contributed by atoms with E-state index in [2.05, 4.69) is 10.4 Å². The zero-order chi connectivity index (χ0) is 31.8. The SMILES string of the molecule is [2H]C([2H])([2H])c1nn(CC(F)F)c2cc(-c3c(F)cc(C(F)(F)F)cc3C(N)=O)c3c(c12)C(=O)NC3c1cc(F)ccc1Cl. The van der Waals surface area contributed by atoms with Gasteiger partial charge in [0, 0.05) is 31.2 Å². The monoisotopic (exact) mass is 587 g/mol. The number of carbonyl (C=O) groups excluding carboxylic acids is 2. The summed E-state index contributed by atoms with van der Waals surface area (Å²) in [5, 5.41) is 5.67. The molecule has 0 spiro atoms. The average molecular weight is 588 g/mol. The summed E-state index contributed by atoms with van der Waals surface area (Å²) in [7, 11) is 0. The molecule has 14 heteroatoms. The molecule has 1 aromatic heterocycles. The zero-order valence-corrected chi connectivity index (χ0v) is 20.4. The molecule has 1 aliphatic rings. The van der Waals surface area contributed by atoms with Crippen molar-refractivity contribution in [1.29, 1.82) is 0 Å². The number of hydrogen-bond donors (Lipinski definition) is 2. The van der Waals surface area contributed by atoms with Crippen LogP contribution in [0.2, 0.25) is 5.02 Å². The van der Waals surface area contributed by atoms with Gasteiger partial charge in [-0.2, -0.15) is 18.3 Å². The van der Waals surface area contributed by atoms with Crippen molar-refractivity contribution < 1.29 is 44.4 Å². The van der Waals surface area contributed by atoms with Gasteiger partial charge in [0.05, 0.1) is 33.9 Å². The van der Waals surface area contributed by atoms with Crippen molar-refractivity contribution in [2.75, 3.05) is 0 Å². The highest BCUT2D eigenvalue weighted by Crippen LogP contribution is 2.47. The van der Waals surface area contributed by atoms with Crippen LogP contribution in [0.3, 0.4) is 0 Å². The second kappa shape index (κ2) is 9.51. The van der Waals surface area contributed by atoms with Crippen LogP contribution in [-0.4, -0.2) is 28.0 Å². The number of fused-ring (bicyclic) bond motifs is 3. The van der Waals surface area contributed by atoms with E-state index in [0.29, 0.717) is 4.68 Å². The highest BCUT2D eigenvalue weighted by atomic mass is 35.5. The van der Waals surface area contributed by atoms with Gasteiger partial charge in [-0.05, 0) is 48.8 Å². The minimum Gasteiger partial charge on any atom is -0.366 e. The Morgan fingerprint density at radius 1 is 1.20 bits per heavy atom. The van der Waals surface area contributed by atoms with E-state index in [0.717, 1.165) is 24.3 Å². The number of alkyl halides is 5. The number of aromatic nitrogens is 2. The lowest BCUT2D eigenvalue weighted by Gasteiger charge is -2.20. The molecule has 2 amide bonds. The normalized spacial score (nSPS) is 16.6.